The van der Waals surface area contributed by atoms with Gasteiger partial charge in [0.25, 0.3) is 5.91 Å². The first kappa shape index (κ1) is 17.4. The number of hydrogen-bond acceptors (Lipinski definition) is 3. The highest BCUT2D eigenvalue weighted by atomic mass is 35.5. The summed E-state index contributed by atoms with van der Waals surface area (Å²) in [4.78, 5) is 24.4. The molecule has 0 saturated heterocycles. The van der Waals surface area contributed by atoms with Gasteiger partial charge in [-0.05, 0) is 67.6 Å². The van der Waals surface area contributed by atoms with Crippen molar-refractivity contribution < 1.29 is 18.7 Å². The minimum absolute atomic E-state index is 0.0745. The number of amides is 1. The zero-order valence-corrected chi connectivity index (χ0v) is 14.4. The fraction of sp³-hybridized carbons (Fsp3) is 0.263. The maximum absolute atomic E-state index is 13.0. The van der Waals surface area contributed by atoms with Crippen LogP contribution in [0.1, 0.15) is 34.8 Å². The van der Waals surface area contributed by atoms with Crippen LogP contribution in [0.25, 0.3) is 0 Å². The van der Waals surface area contributed by atoms with E-state index in [0.717, 1.165) is 30.9 Å². The third-order valence-corrected chi connectivity index (χ3v) is 4.49. The van der Waals surface area contributed by atoms with Crippen molar-refractivity contribution in [3.05, 3.63) is 63.9 Å². The van der Waals surface area contributed by atoms with Crippen molar-refractivity contribution in [2.45, 2.75) is 32.3 Å². The van der Waals surface area contributed by atoms with Gasteiger partial charge in [-0.2, -0.15) is 0 Å². The van der Waals surface area contributed by atoms with Gasteiger partial charge in [-0.3, -0.25) is 4.79 Å². The van der Waals surface area contributed by atoms with E-state index in [-0.39, 0.29) is 10.7 Å². The molecule has 0 fully saturated rings. The summed E-state index contributed by atoms with van der Waals surface area (Å²) in [7, 11) is 0. The lowest BCUT2D eigenvalue weighted by Crippen LogP contribution is -2.30. The van der Waals surface area contributed by atoms with Crippen LogP contribution in [-0.2, 0) is 22.4 Å². The lowest BCUT2D eigenvalue weighted by atomic mass is 10.1. The van der Waals surface area contributed by atoms with Crippen molar-refractivity contribution in [3.8, 4) is 0 Å². The first-order valence-electron chi connectivity index (χ1n) is 8.03. The number of hydrogen-bond donors (Lipinski definition) is 1. The van der Waals surface area contributed by atoms with Crippen molar-refractivity contribution in [3.63, 3.8) is 0 Å². The maximum atomic E-state index is 13.0. The normalized spacial score (nSPS) is 13.9. The summed E-state index contributed by atoms with van der Waals surface area (Å²) in [6, 6.07) is 9.10. The lowest BCUT2D eigenvalue weighted by Gasteiger charge is -2.14. The molecule has 0 heterocycles. The van der Waals surface area contributed by atoms with Crippen LogP contribution in [0.4, 0.5) is 10.1 Å². The van der Waals surface area contributed by atoms with Gasteiger partial charge in [0.2, 0.25) is 0 Å². The van der Waals surface area contributed by atoms with E-state index >= 15 is 0 Å². The van der Waals surface area contributed by atoms with E-state index in [1.165, 1.54) is 24.6 Å². The van der Waals surface area contributed by atoms with Crippen LogP contribution < -0.4 is 5.32 Å². The zero-order chi connectivity index (χ0) is 18.0. The summed E-state index contributed by atoms with van der Waals surface area (Å²) in [6.45, 7) is 1.47. The number of halogens is 2. The van der Waals surface area contributed by atoms with Gasteiger partial charge in [-0.15, -0.1) is 0 Å². The Hall–Kier alpha value is -2.40. The number of aryl methyl sites for hydroxylation is 2. The van der Waals surface area contributed by atoms with E-state index in [1.54, 1.807) is 6.07 Å². The van der Waals surface area contributed by atoms with Crippen LogP contribution in [0.5, 0.6) is 0 Å². The molecule has 2 aromatic carbocycles. The molecule has 0 aliphatic heterocycles. The fourth-order valence-corrected chi connectivity index (χ4v) is 3.02. The van der Waals surface area contributed by atoms with Crippen LogP contribution in [0.2, 0.25) is 5.02 Å². The Morgan fingerprint density at radius 2 is 1.92 bits per heavy atom. The van der Waals surface area contributed by atoms with Crippen LogP contribution >= 0.6 is 11.6 Å². The minimum atomic E-state index is -1.01. The molecule has 0 saturated carbocycles. The highest BCUT2D eigenvalue weighted by Gasteiger charge is 2.21. The third kappa shape index (κ3) is 3.99. The lowest BCUT2D eigenvalue weighted by molar-refractivity contribution is -0.123. The molecule has 0 spiro atoms. The summed E-state index contributed by atoms with van der Waals surface area (Å²) in [5.41, 5.74) is 3.10. The third-order valence-electron chi connectivity index (χ3n) is 4.18. The average Bonchev–Trinajstić information content (AvgIpc) is 3.04. The molecule has 0 bridgehead atoms. The molecule has 0 aromatic heterocycles. The van der Waals surface area contributed by atoms with Gasteiger partial charge in [0.05, 0.1) is 16.3 Å². The first-order chi connectivity index (χ1) is 11.9. The molecule has 1 unspecified atom stereocenters. The standard InChI is InChI=1S/C19H17ClFNO3/c1-11(18(23)22-17-8-7-15(21)10-16(17)20)25-19(24)14-6-5-12-3-2-4-13(12)9-14/h5-11H,2-4H2,1H3,(H,22,23). The van der Waals surface area contributed by atoms with E-state index in [1.807, 2.05) is 12.1 Å². The summed E-state index contributed by atoms with van der Waals surface area (Å²) < 4.78 is 18.3. The molecule has 1 N–H and O–H groups in total. The largest absolute Gasteiger partial charge is 0.449 e. The molecule has 3 rings (SSSR count). The number of nitrogens with one attached hydrogen (secondary N) is 1. The van der Waals surface area contributed by atoms with E-state index in [9.17, 15) is 14.0 Å². The average molecular weight is 362 g/mol. The second kappa shape index (κ2) is 7.23. The summed E-state index contributed by atoms with van der Waals surface area (Å²) in [5.74, 6) is -1.59. The minimum Gasteiger partial charge on any atom is -0.449 e. The van der Waals surface area contributed by atoms with Crippen molar-refractivity contribution in [2.75, 3.05) is 5.32 Å². The van der Waals surface area contributed by atoms with Gasteiger partial charge in [0.15, 0.2) is 6.10 Å². The predicted octanol–water partition coefficient (Wildman–Crippen LogP) is 4.15. The molecular formula is C19H17ClFNO3. The van der Waals surface area contributed by atoms with Gasteiger partial charge in [0, 0.05) is 0 Å². The van der Waals surface area contributed by atoms with E-state index < -0.39 is 23.8 Å². The molecule has 6 heteroatoms. The van der Waals surface area contributed by atoms with Gasteiger partial charge in [-0.25, -0.2) is 9.18 Å². The van der Waals surface area contributed by atoms with E-state index in [2.05, 4.69) is 5.32 Å². The predicted molar refractivity (Wildman–Crippen MR) is 93.4 cm³/mol. The van der Waals surface area contributed by atoms with Crippen molar-refractivity contribution in [1.82, 2.24) is 0 Å². The number of benzene rings is 2. The number of fused-ring (bicyclic) bond motifs is 1. The Labute approximate surface area is 149 Å². The molecule has 130 valence electrons. The summed E-state index contributed by atoms with van der Waals surface area (Å²) in [6.07, 6.45) is 2.06. The molecule has 1 aliphatic rings. The Bertz CT molecular complexity index is 837. The number of ether oxygens (including phenoxy) is 1. The molecule has 1 aliphatic carbocycles. The Balaban J connectivity index is 1.63. The van der Waals surface area contributed by atoms with Crippen molar-refractivity contribution in [2.24, 2.45) is 0 Å². The highest BCUT2D eigenvalue weighted by molar-refractivity contribution is 6.33. The van der Waals surface area contributed by atoms with Gasteiger partial charge in [0.1, 0.15) is 5.82 Å². The fourth-order valence-electron chi connectivity index (χ4n) is 2.81. The van der Waals surface area contributed by atoms with Crippen molar-refractivity contribution in [1.29, 1.82) is 0 Å². The van der Waals surface area contributed by atoms with E-state index in [0.29, 0.717) is 5.56 Å². The molecule has 0 radical (unpaired) electrons. The number of esters is 1. The van der Waals surface area contributed by atoms with Gasteiger partial charge >= 0.3 is 5.97 Å². The quantitative estimate of drug-likeness (QED) is 0.832. The van der Waals surface area contributed by atoms with Gasteiger partial charge in [-0.1, -0.05) is 17.7 Å². The molecule has 4 nitrogen and oxygen atoms in total. The van der Waals surface area contributed by atoms with E-state index in [4.69, 9.17) is 16.3 Å². The van der Waals surface area contributed by atoms with Crippen LogP contribution in [0.15, 0.2) is 36.4 Å². The number of anilines is 1. The van der Waals surface area contributed by atoms with Crippen LogP contribution in [0, 0.1) is 5.82 Å². The Morgan fingerprint density at radius 1 is 1.16 bits per heavy atom. The SMILES string of the molecule is CC(OC(=O)c1ccc2c(c1)CCC2)C(=O)Nc1ccc(F)cc1Cl. The Morgan fingerprint density at radius 3 is 2.68 bits per heavy atom. The Kier molecular flexibility index (Phi) is 5.04. The highest BCUT2D eigenvalue weighted by Crippen LogP contribution is 2.24. The summed E-state index contributed by atoms with van der Waals surface area (Å²) >= 11 is 5.87. The van der Waals surface area contributed by atoms with Gasteiger partial charge < -0.3 is 10.1 Å². The number of carbonyl (C=O) groups is 2. The molecule has 25 heavy (non-hydrogen) atoms. The number of carbonyl (C=O) groups excluding carboxylic acids is 2. The monoisotopic (exact) mass is 361 g/mol. The topological polar surface area (TPSA) is 55.4 Å². The zero-order valence-electron chi connectivity index (χ0n) is 13.6. The molecule has 1 amide bonds. The second-order valence-electron chi connectivity index (χ2n) is 6.00. The van der Waals surface area contributed by atoms with Crippen molar-refractivity contribution >= 4 is 29.2 Å². The van der Waals surface area contributed by atoms with Crippen LogP contribution in [-0.4, -0.2) is 18.0 Å². The smallest absolute Gasteiger partial charge is 0.338 e. The maximum Gasteiger partial charge on any atom is 0.338 e. The molecule has 2 aromatic rings. The van der Waals surface area contributed by atoms with Crippen LogP contribution in [0.3, 0.4) is 0 Å². The summed E-state index contributed by atoms with van der Waals surface area (Å²) in [5, 5.41) is 2.60. The second-order valence-corrected chi connectivity index (χ2v) is 6.41. The molecule has 1 atom stereocenters. The number of rotatable bonds is 4. The first-order valence-corrected chi connectivity index (χ1v) is 8.40. The molecular weight excluding hydrogens is 345 g/mol.